The normalized spacial score (nSPS) is 11.4. The molecule has 0 aliphatic rings. The smallest absolute Gasteiger partial charge is 0.337 e. The number of amides is 1. The third kappa shape index (κ3) is 4.89. The number of halogens is 1. The van der Waals surface area contributed by atoms with Crippen LogP contribution < -0.4 is 14.8 Å². The van der Waals surface area contributed by atoms with Gasteiger partial charge in [0.1, 0.15) is 0 Å². The Morgan fingerprint density at radius 1 is 1.12 bits per heavy atom. The molecule has 0 fully saturated rings. The van der Waals surface area contributed by atoms with E-state index in [-0.39, 0.29) is 5.91 Å². The molecule has 0 bridgehead atoms. The van der Waals surface area contributed by atoms with Crippen LogP contribution in [0.3, 0.4) is 0 Å². The third-order valence-corrected chi connectivity index (χ3v) is 4.04. The summed E-state index contributed by atoms with van der Waals surface area (Å²) in [5.74, 6) is -0.108. The van der Waals surface area contributed by atoms with Crippen LogP contribution in [0.1, 0.15) is 22.8 Å². The van der Waals surface area contributed by atoms with Crippen molar-refractivity contribution < 1.29 is 23.8 Å². The molecular formula is C19H20ClNO5. The SMILES string of the molecule is COC(=O)c1ccc(OC(C)C(=O)NCc2ccccc2Cl)c(OC)c1. The minimum Gasteiger partial charge on any atom is -0.493 e. The molecule has 1 atom stereocenters. The van der Waals surface area contributed by atoms with Crippen LogP contribution in [-0.4, -0.2) is 32.2 Å². The Bertz CT molecular complexity index is 793. The number of hydrogen-bond donors (Lipinski definition) is 1. The van der Waals surface area contributed by atoms with Gasteiger partial charge in [0.25, 0.3) is 5.91 Å². The number of hydrogen-bond acceptors (Lipinski definition) is 5. The second-order valence-electron chi connectivity index (χ2n) is 5.43. The summed E-state index contributed by atoms with van der Waals surface area (Å²) in [5.41, 5.74) is 1.14. The molecule has 0 aliphatic heterocycles. The van der Waals surface area contributed by atoms with Gasteiger partial charge in [-0.3, -0.25) is 4.79 Å². The predicted molar refractivity (Wildman–Crippen MR) is 97.7 cm³/mol. The number of methoxy groups -OCH3 is 2. The molecule has 0 aromatic heterocycles. The van der Waals surface area contributed by atoms with E-state index in [9.17, 15) is 9.59 Å². The van der Waals surface area contributed by atoms with Crippen LogP contribution in [0.5, 0.6) is 11.5 Å². The number of rotatable bonds is 7. The van der Waals surface area contributed by atoms with E-state index in [1.54, 1.807) is 19.1 Å². The van der Waals surface area contributed by atoms with Crippen molar-refractivity contribution >= 4 is 23.5 Å². The first-order valence-corrected chi connectivity index (χ1v) is 8.28. The fraction of sp³-hybridized carbons (Fsp3) is 0.263. The molecule has 0 saturated carbocycles. The van der Waals surface area contributed by atoms with Gasteiger partial charge in [-0.2, -0.15) is 0 Å². The van der Waals surface area contributed by atoms with Crippen LogP contribution in [-0.2, 0) is 16.1 Å². The monoisotopic (exact) mass is 377 g/mol. The lowest BCUT2D eigenvalue weighted by Gasteiger charge is -2.17. The van der Waals surface area contributed by atoms with Crippen LogP contribution in [0.4, 0.5) is 0 Å². The van der Waals surface area contributed by atoms with E-state index in [1.807, 2.05) is 18.2 Å². The molecule has 0 aliphatic carbocycles. The third-order valence-electron chi connectivity index (χ3n) is 3.67. The van der Waals surface area contributed by atoms with E-state index in [4.69, 9.17) is 21.1 Å². The van der Waals surface area contributed by atoms with Crippen molar-refractivity contribution in [1.29, 1.82) is 0 Å². The van der Waals surface area contributed by atoms with E-state index in [0.717, 1.165) is 5.56 Å². The summed E-state index contributed by atoms with van der Waals surface area (Å²) in [5, 5.41) is 3.36. The number of esters is 1. The van der Waals surface area contributed by atoms with Gasteiger partial charge in [0.05, 0.1) is 19.8 Å². The molecule has 0 spiro atoms. The molecule has 0 saturated heterocycles. The van der Waals surface area contributed by atoms with Crippen molar-refractivity contribution in [2.75, 3.05) is 14.2 Å². The zero-order chi connectivity index (χ0) is 19.1. The number of ether oxygens (including phenoxy) is 3. The average molecular weight is 378 g/mol. The van der Waals surface area contributed by atoms with Gasteiger partial charge in [0.15, 0.2) is 17.6 Å². The summed E-state index contributed by atoms with van der Waals surface area (Å²) in [6.07, 6.45) is -0.768. The Kier molecular flexibility index (Phi) is 6.86. The highest BCUT2D eigenvalue weighted by atomic mass is 35.5. The molecule has 0 heterocycles. The lowest BCUT2D eigenvalue weighted by Crippen LogP contribution is -2.36. The fourth-order valence-corrected chi connectivity index (χ4v) is 2.42. The van der Waals surface area contributed by atoms with Gasteiger partial charge in [-0.25, -0.2) is 4.79 Å². The van der Waals surface area contributed by atoms with Crippen LogP contribution in [0.15, 0.2) is 42.5 Å². The van der Waals surface area contributed by atoms with E-state index in [2.05, 4.69) is 10.1 Å². The van der Waals surface area contributed by atoms with Crippen molar-refractivity contribution in [3.63, 3.8) is 0 Å². The fourth-order valence-electron chi connectivity index (χ4n) is 2.22. The standard InChI is InChI=1S/C19H20ClNO5/c1-12(18(22)21-11-14-6-4-5-7-15(14)20)26-16-9-8-13(19(23)25-3)10-17(16)24-2/h4-10,12H,11H2,1-3H3,(H,21,22). The summed E-state index contributed by atoms with van der Waals surface area (Å²) >= 11 is 6.07. The molecule has 1 amide bonds. The average Bonchev–Trinajstić information content (AvgIpc) is 2.66. The quantitative estimate of drug-likeness (QED) is 0.750. The number of carbonyl (C=O) groups excluding carboxylic acids is 2. The molecule has 1 unspecified atom stereocenters. The molecule has 26 heavy (non-hydrogen) atoms. The van der Waals surface area contributed by atoms with E-state index in [1.165, 1.54) is 26.4 Å². The Morgan fingerprint density at radius 2 is 1.85 bits per heavy atom. The highest BCUT2D eigenvalue weighted by Crippen LogP contribution is 2.29. The second kappa shape index (κ2) is 9.10. The summed E-state index contributed by atoms with van der Waals surface area (Å²) in [6, 6.07) is 11.9. The lowest BCUT2D eigenvalue weighted by molar-refractivity contribution is -0.127. The van der Waals surface area contributed by atoms with Crippen molar-refractivity contribution in [2.45, 2.75) is 19.6 Å². The Labute approximate surface area is 157 Å². The minimum atomic E-state index is -0.768. The van der Waals surface area contributed by atoms with E-state index < -0.39 is 12.1 Å². The van der Waals surface area contributed by atoms with Gasteiger partial charge >= 0.3 is 5.97 Å². The molecule has 0 radical (unpaired) electrons. The van der Waals surface area contributed by atoms with Crippen LogP contribution in [0.25, 0.3) is 0 Å². The van der Waals surface area contributed by atoms with Crippen molar-refractivity contribution in [2.24, 2.45) is 0 Å². The van der Waals surface area contributed by atoms with Crippen LogP contribution >= 0.6 is 11.6 Å². The van der Waals surface area contributed by atoms with Gasteiger partial charge in [0.2, 0.25) is 0 Å². The van der Waals surface area contributed by atoms with Crippen molar-refractivity contribution in [3.8, 4) is 11.5 Å². The largest absolute Gasteiger partial charge is 0.493 e. The molecule has 1 N–H and O–H groups in total. The van der Waals surface area contributed by atoms with Gasteiger partial charge < -0.3 is 19.5 Å². The topological polar surface area (TPSA) is 73.9 Å². The molecular weight excluding hydrogens is 358 g/mol. The van der Waals surface area contributed by atoms with Gasteiger partial charge in [-0.1, -0.05) is 29.8 Å². The second-order valence-corrected chi connectivity index (χ2v) is 5.83. The molecule has 7 heteroatoms. The first kappa shape index (κ1) is 19.6. The maximum absolute atomic E-state index is 12.3. The van der Waals surface area contributed by atoms with Crippen molar-refractivity contribution in [3.05, 3.63) is 58.6 Å². The van der Waals surface area contributed by atoms with Gasteiger partial charge in [-0.15, -0.1) is 0 Å². The molecule has 138 valence electrons. The molecule has 2 aromatic rings. The number of benzene rings is 2. The Balaban J connectivity index is 2.02. The van der Waals surface area contributed by atoms with Crippen molar-refractivity contribution in [1.82, 2.24) is 5.32 Å². The lowest BCUT2D eigenvalue weighted by atomic mass is 10.2. The molecule has 6 nitrogen and oxygen atoms in total. The first-order valence-electron chi connectivity index (χ1n) is 7.90. The summed E-state index contributed by atoms with van der Waals surface area (Å²) < 4.78 is 15.6. The summed E-state index contributed by atoms with van der Waals surface area (Å²) in [4.78, 5) is 23.8. The first-order chi connectivity index (χ1) is 12.5. The van der Waals surface area contributed by atoms with E-state index >= 15 is 0 Å². The van der Waals surface area contributed by atoms with Crippen LogP contribution in [0.2, 0.25) is 5.02 Å². The number of nitrogens with one attached hydrogen (secondary N) is 1. The summed E-state index contributed by atoms with van der Waals surface area (Å²) in [7, 11) is 2.75. The zero-order valence-corrected chi connectivity index (χ0v) is 15.5. The van der Waals surface area contributed by atoms with Gasteiger partial charge in [0, 0.05) is 11.6 Å². The Hall–Kier alpha value is -2.73. The highest BCUT2D eigenvalue weighted by molar-refractivity contribution is 6.31. The highest BCUT2D eigenvalue weighted by Gasteiger charge is 2.18. The predicted octanol–water partition coefficient (Wildman–Crippen LogP) is 3.22. The summed E-state index contributed by atoms with van der Waals surface area (Å²) in [6.45, 7) is 1.92. The maximum Gasteiger partial charge on any atom is 0.337 e. The maximum atomic E-state index is 12.3. The minimum absolute atomic E-state index is 0.296. The molecule has 2 aromatic carbocycles. The van der Waals surface area contributed by atoms with Crippen LogP contribution in [0, 0.1) is 0 Å². The molecule has 2 rings (SSSR count). The van der Waals surface area contributed by atoms with E-state index in [0.29, 0.717) is 28.6 Å². The zero-order valence-electron chi connectivity index (χ0n) is 14.7. The van der Waals surface area contributed by atoms with Gasteiger partial charge in [-0.05, 0) is 36.8 Å². The Morgan fingerprint density at radius 3 is 2.50 bits per heavy atom. The number of carbonyl (C=O) groups is 2.